The van der Waals surface area contributed by atoms with Crippen LogP contribution in [0.4, 0.5) is 15.0 Å². The van der Waals surface area contributed by atoms with Gasteiger partial charge in [0.05, 0.1) is 17.3 Å². The predicted octanol–water partition coefficient (Wildman–Crippen LogP) is 5.34. The number of carbonyl (C=O) groups is 2. The standard InChI is InChI=1S/C27H27ClFN5O3/c1-27(2,3)37-26(36)32-19-11-12-20(14-19)34-23(21(28)16-31-34)25(35)33-24-22(29)13-18(15-30-24)10-9-17-7-5-4-6-8-17/h4-8,13,15-16,19-20H,11-12,14H2,1-3H3,(H,32,36)(H,30,33,35)/t19-,20-/m1/s1. The number of pyridine rings is 1. The van der Waals surface area contributed by atoms with Crippen LogP contribution in [0.2, 0.25) is 5.02 Å². The molecule has 0 unspecified atom stereocenters. The fourth-order valence-electron chi connectivity index (χ4n) is 4.05. The fourth-order valence-corrected chi connectivity index (χ4v) is 4.26. The molecule has 2 aromatic heterocycles. The first kappa shape index (κ1) is 26.2. The number of ether oxygens (including phenoxy) is 1. The van der Waals surface area contributed by atoms with Gasteiger partial charge in [-0.25, -0.2) is 14.2 Å². The first-order chi connectivity index (χ1) is 17.6. The summed E-state index contributed by atoms with van der Waals surface area (Å²) in [4.78, 5) is 29.2. The molecule has 0 radical (unpaired) electrons. The zero-order chi connectivity index (χ0) is 26.6. The number of nitrogens with zero attached hydrogens (tertiary/aromatic N) is 3. The lowest BCUT2D eigenvalue weighted by molar-refractivity contribution is 0.0504. The van der Waals surface area contributed by atoms with Gasteiger partial charge in [0.25, 0.3) is 5.91 Å². The number of alkyl carbamates (subject to hydrolysis) is 1. The summed E-state index contributed by atoms with van der Waals surface area (Å²) in [7, 11) is 0. The molecule has 10 heteroatoms. The molecule has 1 aliphatic rings. The van der Waals surface area contributed by atoms with E-state index in [0.29, 0.717) is 24.8 Å². The number of nitrogens with one attached hydrogen (secondary N) is 2. The minimum Gasteiger partial charge on any atom is -0.444 e. The highest BCUT2D eigenvalue weighted by atomic mass is 35.5. The highest BCUT2D eigenvalue weighted by Gasteiger charge is 2.32. The second kappa shape index (κ2) is 11.0. The number of rotatable bonds is 4. The van der Waals surface area contributed by atoms with Gasteiger partial charge in [-0.3, -0.25) is 9.48 Å². The molecule has 2 amide bonds. The number of benzene rings is 1. The Labute approximate surface area is 219 Å². The normalized spacial score (nSPS) is 17.0. The Morgan fingerprint density at radius 2 is 1.86 bits per heavy atom. The van der Waals surface area contributed by atoms with E-state index >= 15 is 0 Å². The third kappa shape index (κ3) is 6.86. The number of halogens is 2. The first-order valence-corrected chi connectivity index (χ1v) is 12.2. The number of aromatic nitrogens is 3. The van der Waals surface area contributed by atoms with Crippen LogP contribution in [-0.2, 0) is 4.74 Å². The van der Waals surface area contributed by atoms with Crippen molar-refractivity contribution in [3.63, 3.8) is 0 Å². The molecule has 8 nitrogen and oxygen atoms in total. The second-order valence-electron chi connectivity index (χ2n) is 9.72. The quantitative estimate of drug-likeness (QED) is 0.450. The molecule has 0 spiro atoms. The highest BCUT2D eigenvalue weighted by Crippen LogP contribution is 2.33. The van der Waals surface area contributed by atoms with E-state index in [1.54, 1.807) is 20.8 Å². The summed E-state index contributed by atoms with van der Waals surface area (Å²) in [6.07, 6.45) is 4.16. The summed E-state index contributed by atoms with van der Waals surface area (Å²) >= 11 is 6.28. The van der Waals surface area contributed by atoms with Gasteiger partial charge in [-0.2, -0.15) is 5.10 Å². The number of hydrogen-bond acceptors (Lipinski definition) is 5. The van der Waals surface area contributed by atoms with Crippen LogP contribution in [0.1, 0.15) is 67.7 Å². The van der Waals surface area contributed by atoms with Gasteiger partial charge < -0.3 is 15.4 Å². The number of hydrogen-bond donors (Lipinski definition) is 2. The number of anilines is 1. The summed E-state index contributed by atoms with van der Waals surface area (Å²) in [5.74, 6) is 4.19. The van der Waals surface area contributed by atoms with Crippen molar-refractivity contribution < 1.29 is 18.7 Å². The minimum absolute atomic E-state index is 0.0960. The third-order valence-corrected chi connectivity index (χ3v) is 5.91. The van der Waals surface area contributed by atoms with Crippen LogP contribution in [0.5, 0.6) is 0 Å². The van der Waals surface area contributed by atoms with Crippen molar-refractivity contribution >= 4 is 29.4 Å². The van der Waals surface area contributed by atoms with E-state index in [-0.39, 0.29) is 28.6 Å². The average Bonchev–Trinajstić information content (AvgIpc) is 3.45. The largest absolute Gasteiger partial charge is 0.444 e. The lowest BCUT2D eigenvalue weighted by Crippen LogP contribution is -2.38. The van der Waals surface area contributed by atoms with Gasteiger partial charge in [0, 0.05) is 23.4 Å². The van der Waals surface area contributed by atoms with Gasteiger partial charge in [-0.1, -0.05) is 41.6 Å². The molecule has 0 aliphatic heterocycles. The van der Waals surface area contributed by atoms with Gasteiger partial charge in [0.15, 0.2) is 11.6 Å². The maximum absolute atomic E-state index is 14.7. The molecule has 1 fully saturated rings. The summed E-state index contributed by atoms with van der Waals surface area (Å²) in [6.45, 7) is 5.39. The molecule has 1 saturated carbocycles. The fraction of sp³-hybridized carbons (Fsp3) is 0.333. The van der Waals surface area contributed by atoms with Crippen molar-refractivity contribution in [2.45, 2.75) is 57.7 Å². The average molecular weight is 524 g/mol. The molecule has 3 aromatic rings. The zero-order valence-corrected chi connectivity index (χ0v) is 21.5. The SMILES string of the molecule is CC(C)(C)OC(=O)N[C@@H]1CC[C@@H](n2ncc(Cl)c2C(=O)Nc2ncc(C#Cc3ccccc3)cc2F)C1. The van der Waals surface area contributed by atoms with E-state index in [4.69, 9.17) is 16.3 Å². The van der Waals surface area contributed by atoms with Crippen molar-refractivity contribution in [3.8, 4) is 11.8 Å². The Kier molecular flexibility index (Phi) is 7.79. The van der Waals surface area contributed by atoms with E-state index in [1.807, 2.05) is 30.3 Å². The number of carbonyl (C=O) groups excluding carboxylic acids is 2. The van der Waals surface area contributed by atoms with E-state index in [0.717, 1.165) is 5.56 Å². The Bertz CT molecular complexity index is 1360. The van der Waals surface area contributed by atoms with Crippen LogP contribution in [-0.4, -0.2) is 38.4 Å². The van der Waals surface area contributed by atoms with Crippen LogP contribution in [0.3, 0.4) is 0 Å². The highest BCUT2D eigenvalue weighted by molar-refractivity contribution is 6.34. The molecule has 2 N–H and O–H groups in total. The Balaban J connectivity index is 1.43. The van der Waals surface area contributed by atoms with E-state index < -0.39 is 23.4 Å². The molecular weight excluding hydrogens is 497 g/mol. The topological polar surface area (TPSA) is 98.1 Å². The Hall–Kier alpha value is -3.90. The summed E-state index contributed by atoms with van der Waals surface area (Å²) < 4.78 is 21.6. The monoisotopic (exact) mass is 523 g/mol. The molecule has 2 heterocycles. The van der Waals surface area contributed by atoms with E-state index in [1.165, 1.54) is 23.1 Å². The maximum Gasteiger partial charge on any atom is 0.407 e. The molecule has 1 aliphatic carbocycles. The van der Waals surface area contributed by atoms with Crippen LogP contribution in [0.25, 0.3) is 0 Å². The predicted molar refractivity (Wildman–Crippen MR) is 138 cm³/mol. The molecule has 0 saturated heterocycles. The minimum atomic E-state index is -0.724. The Morgan fingerprint density at radius 1 is 1.14 bits per heavy atom. The zero-order valence-electron chi connectivity index (χ0n) is 20.7. The lowest BCUT2D eigenvalue weighted by Gasteiger charge is -2.22. The van der Waals surface area contributed by atoms with E-state index in [2.05, 4.69) is 32.6 Å². The van der Waals surface area contributed by atoms with Gasteiger partial charge in [-0.05, 0) is 58.2 Å². The maximum atomic E-state index is 14.7. The summed E-state index contributed by atoms with van der Waals surface area (Å²) in [5.41, 5.74) is 0.660. The van der Waals surface area contributed by atoms with Crippen molar-refractivity contribution in [1.29, 1.82) is 0 Å². The van der Waals surface area contributed by atoms with Gasteiger partial charge in [0.2, 0.25) is 0 Å². The molecule has 37 heavy (non-hydrogen) atoms. The molecular formula is C27H27ClFN5O3. The van der Waals surface area contributed by atoms with Crippen LogP contribution in [0, 0.1) is 17.7 Å². The molecule has 2 atom stereocenters. The summed E-state index contributed by atoms with van der Waals surface area (Å²) in [5, 5.41) is 9.74. The summed E-state index contributed by atoms with van der Waals surface area (Å²) in [6, 6.07) is 10.2. The van der Waals surface area contributed by atoms with Crippen molar-refractivity contribution in [3.05, 3.63) is 76.5 Å². The molecule has 192 valence electrons. The van der Waals surface area contributed by atoms with Crippen LogP contribution < -0.4 is 10.6 Å². The van der Waals surface area contributed by atoms with Gasteiger partial charge in [0.1, 0.15) is 11.3 Å². The van der Waals surface area contributed by atoms with E-state index in [9.17, 15) is 14.0 Å². The number of amides is 2. The van der Waals surface area contributed by atoms with Crippen molar-refractivity contribution in [2.75, 3.05) is 5.32 Å². The molecule has 4 rings (SSSR count). The molecule has 0 bridgehead atoms. The van der Waals surface area contributed by atoms with Crippen molar-refractivity contribution in [2.24, 2.45) is 0 Å². The smallest absolute Gasteiger partial charge is 0.407 e. The van der Waals surface area contributed by atoms with Crippen LogP contribution in [0.15, 0.2) is 48.8 Å². The van der Waals surface area contributed by atoms with Gasteiger partial charge in [-0.15, -0.1) is 0 Å². The second-order valence-corrected chi connectivity index (χ2v) is 10.1. The molecule has 1 aromatic carbocycles. The lowest BCUT2D eigenvalue weighted by atomic mass is 10.2. The Morgan fingerprint density at radius 3 is 2.57 bits per heavy atom. The first-order valence-electron chi connectivity index (χ1n) is 11.9. The third-order valence-electron chi connectivity index (χ3n) is 5.64. The van der Waals surface area contributed by atoms with Crippen molar-refractivity contribution in [1.82, 2.24) is 20.1 Å². The van der Waals surface area contributed by atoms with Gasteiger partial charge >= 0.3 is 6.09 Å². The van der Waals surface area contributed by atoms with Crippen LogP contribution >= 0.6 is 11.6 Å².